The van der Waals surface area contributed by atoms with Gasteiger partial charge in [-0.3, -0.25) is 14.5 Å². The van der Waals surface area contributed by atoms with E-state index in [9.17, 15) is 14.4 Å². The molecule has 254 valence electrons. The van der Waals surface area contributed by atoms with Crippen molar-refractivity contribution < 1.29 is 19.1 Å². The minimum Gasteiger partial charge on any atom is -0.490 e. The van der Waals surface area contributed by atoms with Crippen LogP contribution < -0.4 is 20.5 Å². The number of rotatable bonds is 13. The summed E-state index contributed by atoms with van der Waals surface area (Å²) in [5, 5.41) is 3.99. The van der Waals surface area contributed by atoms with Gasteiger partial charge in [0.25, 0.3) is 5.56 Å². The number of hydrogen-bond donors (Lipinski definition) is 2. The van der Waals surface area contributed by atoms with Crippen LogP contribution in [0.4, 0.5) is 16.2 Å². The minimum absolute atomic E-state index is 0.0811. The van der Waals surface area contributed by atoms with E-state index < -0.39 is 0 Å². The number of hydrogen-bond acceptors (Lipinski definition) is 6. The fourth-order valence-corrected chi connectivity index (χ4v) is 5.84. The smallest absolute Gasteiger partial charge is 0.326 e. The summed E-state index contributed by atoms with van der Waals surface area (Å²) in [6.45, 7) is 10.5. The maximum Gasteiger partial charge on any atom is 0.326 e. The maximum absolute atomic E-state index is 14.4. The molecule has 2 aromatic heterocycles. The number of aromatic amines is 1. The van der Waals surface area contributed by atoms with Crippen molar-refractivity contribution in [3.63, 3.8) is 0 Å². The standard InChI is InChI=1S/C40H44N4O5/c1-26(2)34-23-32(30-15-9-17-33(22-30)49-21-20-48-28(5)45)24-35(27(3)4)37(34)42-40(47)44(19-11-14-29-12-7-6-8-13-29)36-25-31-16-10-18-41-38(31)43-39(36)46/h6-10,12-13,15-18,22-27H,11,14,19-21H2,1-5H3,(H,42,47)(H,41,43,46). The fraction of sp³-hybridized carbons (Fsp3) is 0.300. The maximum atomic E-state index is 14.4. The molecule has 0 aliphatic rings. The second kappa shape index (κ2) is 16.1. The number of benzene rings is 3. The number of nitrogens with one attached hydrogen (secondary N) is 2. The van der Waals surface area contributed by atoms with Gasteiger partial charge in [0, 0.05) is 30.7 Å². The number of aromatic nitrogens is 2. The molecule has 0 aliphatic heterocycles. The lowest BCUT2D eigenvalue weighted by molar-refractivity contribution is -0.141. The number of carbonyl (C=O) groups excluding carboxylic acids is 2. The van der Waals surface area contributed by atoms with E-state index >= 15 is 0 Å². The van der Waals surface area contributed by atoms with E-state index in [2.05, 4.69) is 67.2 Å². The van der Waals surface area contributed by atoms with Gasteiger partial charge in [0.05, 0.1) is 0 Å². The molecule has 0 atom stereocenters. The molecular weight excluding hydrogens is 616 g/mol. The molecule has 0 saturated heterocycles. The number of fused-ring (bicyclic) bond motifs is 1. The Labute approximate surface area is 287 Å². The second-order valence-corrected chi connectivity index (χ2v) is 12.7. The molecule has 5 rings (SSSR count). The topological polar surface area (TPSA) is 114 Å². The van der Waals surface area contributed by atoms with Crippen LogP contribution in [0.15, 0.2) is 95.9 Å². The molecule has 9 nitrogen and oxygen atoms in total. The third-order valence-corrected chi connectivity index (χ3v) is 8.32. The summed E-state index contributed by atoms with van der Waals surface area (Å²) in [5.74, 6) is 0.486. The van der Waals surface area contributed by atoms with Crippen LogP contribution in [0.5, 0.6) is 5.75 Å². The molecule has 0 radical (unpaired) electrons. The van der Waals surface area contributed by atoms with Crippen LogP contribution in [0, 0.1) is 0 Å². The molecule has 3 aromatic carbocycles. The first-order valence-electron chi connectivity index (χ1n) is 16.8. The van der Waals surface area contributed by atoms with Crippen molar-refractivity contribution in [2.75, 3.05) is 30.0 Å². The van der Waals surface area contributed by atoms with Gasteiger partial charge < -0.3 is 19.8 Å². The summed E-state index contributed by atoms with van der Waals surface area (Å²) in [5.41, 5.74) is 6.20. The molecule has 0 aliphatic carbocycles. The van der Waals surface area contributed by atoms with E-state index in [0.29, 0.717) is 24.4 Å². The highest BCUT2D eigenvalue weighted by atomic mass is 16.6. The molecule has 9 heteroatoms. The average Bonchev–Trinajstić information content (AvgIpc) is 3.08. The number of aryl methyl sites for hydroxylation is 1. The zero-order valence-electron chi connectivity index (χ0n) is 28.8. The highest BCUT2D eigenvalue weighted by Crippen LogP contribution is 2.38. The van der Waals surface area contributed by atoms with Gasteiger partial charge in [-0.15, -0.1) is 0 Å². The van der Waals surface area contributed by atoms with Gasteiger partial charge in [0.1, 0.15) is 30.3 Å². The lowest BCUT2D eigenvalue weighted by atomic mass is 9.88. The van der Waals surface area contributed by atoms with Gasteiger partial charge in [-0.25, -0.2) is 9.78 Å². The Balaban J connectivity index is 1.48. The van der Waals surface area contributed by atoms with Crippen molar-refractivity contribution in [2.24, 2.45) is 0 Å². The lowest BCUT2D eigenvalue weighted by Crippen LogP contribution is -2.39. The predicted molar refractivity (Wildman–Crippen MR) is 196 cm³/mol. The SMILES string of the molecule is CC(=O)OCCOc1cccc(-c2cc(C(C)C)c(NC(=O)N(CCCc3ccccc3)c3cc4cccnc4[nH]c3=O)c(C(C)C)c2)c1. The van der Waals surface area contributed by atoms with Crippen LogP contribution >= 0.6 is 0 Å². The number of H-pyrrole nitrogens is 1. The molecule has 2 heterocycles. The fourth-order valence-electron chi connectivity index (χ4n) is 5.84. The molecule has 0 fully saturated rings. The number of carbonyl (C=O) groups is 2. The van der Waals surface area contributed by atoms with E-state index in [1.165, 1.54) is 6.92 Å². The zero-order valence-corrected chi connectivity index (χ0v) is 28.8. The Kier molecular flexibility index (Phi) is 11.5. The average molecular weight is 661 g/mol. The van der Waals surface area contributed by atoms with Gasteiger partial charge in [0.2, 0.25) is 0 Å². The molecule has 5 aromatic rings. The number of ether oxygens (including phenoxy) is 2. The van der Waals surface area contributed by atoms with Gasteiger partial charge in [-0.2, -0.15) is 0 Å². The van der Waals surface area contributed by atoms with Crippen molar-refractivity contribution in [3.8, 4) is 16.9 Å². The zero-order chi connectivity index (χ0) is 34.9. The molecular formula is C40H44N4O5. The van der Waals surface area contributed by atoms with Gasteiger partial charge in [0.15, 0.2) is 0 Å². The van der Waals surface area contributed by atoms with Crippen LogP contribution in [-0.4, -0.2) is 41.7 Å². The normalized spacial score (nSPS) is 11.2. The first-order chi connectivity index (χ1) is 23.6. The van der Waals surface area contributed by atoms with E-state index in [-0.39, 0.29) is 48.3 Å². The van der Waals surface area contributed by atoms with Gasteiger partial charge in [-0.1, -0.05) is 70.2 Å². The van der Waals surface area contributed by atoms with Crippen LogP contribution in [0.3, 0.4) is 0 Å². The summed E-state index contributed by atoms with van der Waals surface area (Å²) in [7, 11) is 0. The van der Waals surface area contributed by atoms with Gasteiger partial charge >= 0.3 is 12.0 Å². The minimum atomic E-state index is -0.375. The van der Waals surface area contributed by atoms with Crippen molar-refractivity contribution in [1.82, 2.24) is 9.97 Å². The predicted octanol–water partition coefficient (Wildman–Crippen LogP) is 8.45. The number of nitrogens with zero attached hydrogens (tertiary/aromatic N) is 2. The Morgan fingerprint density at radius 3 is 2.29 bits per heavy atom. The highest BCUT2D eigenvalue weighted by Gasteiger charge is 2.24. The summed E-state index contributed by atoms with van der Waals surface area (Å²) >= 11 is 0. The Morgan fingerprint density at radius 1 is 0.857 bits per heavy atom. The van der Waals surface area contributed by atoms with Crippen molar-refractivity contribution in [3.05, 3.63) is 118 Å². The van der Waals surface area contributed by atoms with Crippen LogP contribution in [0.1, 0.15) is 69.6 Å². The Hall–Kier alpha value is -5.44. The molecule has 0 saturated carbocycles. The monoisotopic (exact) mass is 660 g/mol. The van der Waals surface area contributed by atoms with Crippen LogP contribution in [0.2, 0.25) is 0 Å². The molecule has 2 amide bonds. The summed E-state index contributed by atoms with van der Waals surface area (Å²) < 4.78 is 10.8. The van der Waals surface area contributed by atoms with E-state index in [0.717, 1.165) is 45.3 Å². The molecule has 0 spiro atoms. The largest absolute Gasteiger partial charge is 0.490 e. The number of pyridine rings is 2. The summed E-state index contributed by atoms with van der Waals surface area (Å²) in [6, 6.07) is 27.2. The van der Waals surface area contributed by atoms with E-state index in [4.69, 9.17) is 9.47 Å². The Morgan fingerprint density at radius 2 is 1.59 bits per heavy atom. The lowest BCUT2D eigenvalue weighted by Gasteiger charge is -2.27. The number of urea groups is 1. The number of amides is 2. The van der Waals surface area contributed by atoms with Crippen LogP contribution in [-0.2, 0) is 16.0 Å². The molecule has 0 unspecified atom stereocenters. The first-order valence-corrected chi connectivity index (χ1v) is 16.8. The number of esters is 1. The van der Waals surface area contributed by atoms with Crippen molar-refractivity contribution in [2.45, 2.75) is 59.3 Å². The summed E-state index contributed by atoms with van der Waals surface area (Å²) in [4.78, 5) is 47.6. The van der Waals surface area contributed by atoms with Crippen molar-refractivity contribution >= 4 is 34.4 Å². The molecule has 49 heavy (non-hydrogen) atoms. The quantitative estimate of drug-likeness (QED) is 0.0968. The summed E-state index contributed by atoms with van der Waals surface area (Å²) in [6.07, 6.45) is 3.05. The van der Waals surface area contributed by atoms with E-state index in [1.807, 2.05) is 48.5 Å². The third-order valence-electron chi connectivity index (χ3n) is 8.32. The highest BCUT2D eigenvalue weighted by molar-refractivity contribution is 6.03. The first kappa shape index (κ1) is 34.9. The second-order valence-electron chi connectivity index (χ2n) is 12.7. The molecule has 0 bridgehead atoms. The number of anilines is 2. The van der Waals surface area contributed by atoms with Crippen LogP contribution in [0.25, 0.3) is 22.2 Å². The third kappa shape index (κ3) is 8.93. The Bertz CT molecular complexity index is 1940. The van der Waals surface area contributed by atoms with E-state index in [1.54, 1.807) is 23.2 Å². The van der Waals surface area contributed by atoms with Crippen molar-refractivity contribution in [1.29, 1.82) is 0 Å². The van der Waals surface area contributed by atoms with Gasteiger partial charge in [-0.05, 0) is 95.0 Å². The molecule has 2 N–H and O–H groups in total.